The molecule has 0 radical (unpaired) electrons. The molecule has 0 spiro atoms. The number of hydrogen-bond donors (Lipinski definition) is 1. The Morgan fingerprint density at radius 2 is 2.27 bits per heavy atom. The summed E-state index contributed by atoms with van der Waals surface area (Å²) in [5.41, 5.74) is 0.972. The standard InChI is InChI=1S/C11H20N2O2/c1-3-4-5-13(6-7-14)8-11-10(2)15-9-12-11/h9,14H,3-8H2,1-2H3. The van der Waals surface area contributed by atoms with E-state index in [2.05, 4.69) is 16.8 Å². The Balaban J connectivity index is 2.46. The van der Waals surface area contributed by atoms with Gasteiger partial charge in [0.25, 0.3) is 0 Å². The minimum atomic E-state index is 0.195. The first-order valence-electron chi connectivity index (χ1n) is 5.50. The highest BCUT2D eigenvalue weighted by atomic mass is 16.3. The lowest BCUT2D eigenvalue weighted by Gasteiger charge is -2.19. The number of aromatic nitrogens is 1. The number of hydrogen-bond acceptors (Lipinski definition) is 4. The Morgan fingerprint density at radius 3 is 2.80 bits per heavy atom. The van der Waals surface area contributed by atoms with E-state index in [4.69, 9.17) is 9.52 Å². The fraction of sp³-hybridized carbons (Fsp3) is 0.727. The van der Waals surface area contributed by atoms with E-state index < -0.39 is 0 Å². The molecule has 0 atom stereocenters. The van der Waals surface area contributed by atoms with Crippen LogP contribution < -0.4 is 0 Å². The van der Waals surface area contributed by atoms with Crippen LogP contribution in [0.25, 0.3) is 0 Å². The van der Waals surface area contributed by atoms with Crippen molar-refractivity contribution in [2.45, 2.75) is 33.2 Å². The van der Waals surface area contributed by atoms with Gasteiger partial charge >= 0.3 is 0 Å². The van der Waals surface area contributed by atoms with Gasteiger partial charge in [0.1, 0.15) is 5.76 Å². The Hall–Kier alpha value is -0.870. The molecule has 0 aromatic carbocycles. The van der Waals surface area contributed by atoms with Crippen LogP contribution in [-0.4, -0.2) is 34.7 Å². The number of aliphatic hydroxyl groups is 1. The van der Waals surface area contributed by atoms with Crippen LogP contribution in [0.3, 0.4) is 0 Å². The molecule has 0 bridgehead atoms. The summed E-state index contributed by atoms with van der Waals surface area (Å²) in [4.78, 5) is 6.36. The van der Waals surface area contributed by atoms with E-state index in [0.717, 1.165) is 31.0 Å². The third-order valence-corrected chi connectivity index (χ3v) is 2.46. The normalized spacial score (nSPS) is 11.2. The summed E-state index contributed by atoms with van der Waals surface area (Å²) in [5.74, 6) is 0.870. The highest BCUT2D eigenvalue weighted by Crippen LogP contribution is 2.08. The summed E-state index contributed by atoms with van der Waals surface area (Å²) in [5, 5.41) is 8.95. The zero-order valence-corrected chi connectivity index (χ0v) is 9.57. The molecule has 0 fully saturated rings. The van der Waals surface area contributed by atoms with Crippen molar-refractivity contribution < 1.29 is 9.52 Å². The van der Waals surface area contributed by atoms with Crippen molar-refractivity contribution in [3.8, 4) is 0 Å². The van der Waals surface area contributed by atoms with Crippen LogP contribution in [0.1, 0.15) is 31.2 Å². The van der Waals surface area contributed by atoms with Gasteiger partial charge in [-0.2, -0.15) is 0 Å². The molecule has 0 saturated carbocycles. The minimum absolute atomic E-state index is 0.195. The van der Waals surface area contributed by atoms with Gasteiger partial charge in [-0.05, 0) is 19.9 Å². The highest BCUT2D eigenvalue weighted by molar-refractivity contribution is 5.04. The molecule has 0 amide bonds. The molecule has 0 aliphatic rings. The van der Waals surface area contributed by atoms with E-state index in [1.54, 1.807) is 0 Å². The van der Waals surface area contributed by atoms with Gasteiger partial charge in [-0.1, -0.05) is 13.3 Å². The molecule has 1 aromatic heterocycles. The van der Waals surface area contributed by atoms with Gasteiger partial charge in [0, 0.05) is 13.1 Å². The second-order valence-electron chi connectivity index (χ2n) is 3.71. The summed E-state index contributed by atoms with van der Waals surface area (Å²) in [7, 11) is 0. The Bertz CT molecular complexity index is 273. The van der Waals surface area contributed by atoms with E-state index in [0.29, 0.717) is 6.54 Å². The average Bonchev–Trinajstić information content (AvgIpc) is 2.61. The molecule has 1 N–H and O–H groups in total. The van der Waals surface area contributed by atoms with E-state index in [1.165, 1.54) is 12.8 Å². The SMILES string of the molecule is CCCCN(CCO)Cc1ncoc1C. The molecule has 0 unspecified atom stereocenters. The summed E-state index contributed by atoms with van der Waals surface area (Å²) in [6, 6.07) is 0. The first-order valence-corrected chi connectivity index (χ1v) is 5.50. The van der Waals surface area contributed by atoms with Crippen molar-refractivity contribution in [1.82, 2.24) is 9.88 Å². The largest absolute Gasteiger partial charge is 0.448 e. The lowest BCUT2D eigenvalue weighted by atomic mass is 10.3. The molecule has 15 heavy (non-hydrogen) atoms. The smallest absolute Gasteiger partial charge is 0.181 e. The van der Waals surface area contributed by atoms with Crippen LogP contribution in [0.15, 0.2) is 10.8 Å². The molecule has 0 aliphatic heterocycles. The third kappa shape index (κ3) is 4.01. The van der Waals surface area contributed by atoms with Crippen molar-refractivity contribution in [3.63, 3.8) is 0 Å². The second kappa shape index (κ2) is 6.58. The highest BCUT2D eigenvalue weighted by Gasteiger charge is 2.09. The van der Waals surface area contributed by atoms with Crippen LogP contribution in [0.2, 0.25) is 0 Å². The predicted molar refractivity (Wildman–Crippen MR) is 58.5 cm³/mol. The molecule has 1 rings (SSSR count). The predicted octanol–water partition coefficient (Wildman–Crippen LogP) is 1.58. The van der Waals surface area contributed by atoms with Crippen molar-refractivity contribution in [2.75, 3.05) is 19.7 Å². The van der Waals surface area contributed by atoms with E-state index >= 15 is 0 Å². The van der Waals surface area contributed by atoms with Gasteiger partial charge in [-0.15, -0.1) is 0 Å². The zero-order chi connectivity index (χ0) is 11.1. The molecule has 0 aliphatic carbocycles. The Labute approximate surface area is 90.9 Å². The van der Waals surface area contributed by atoms with Gasteiger partial charge < -0.3 is 9.52 Å². The third-order valence-electron chi connectivity index (χ3n) is 2.46. The average molecular weight is 212 g/mol. The molecule has 4 nitrogen and oxygen atoms in total. The molecule has 0 saturated heterocycles. The van der Waals surface area contributed by atoms with Gasteiger partial charge in [-0.25, -0.2) is 4.98 Å². The van der Waals surface area contributed by atoms with Crippen LogP contribution in [-0.2, 0) is 6.54 Å². The summed E-state index contributed by atoms with van der Waals surface area (Å²) < 4.78 is 5.15. The number of unbranched alkanes of at least 4 members (excludes halogenated alkanes) is 1. The topological polar surface area (TPSA) is 49.5 Å². The number of rotatable bonds is 7. The first-order chi connectivity index (χ1) is 7.27. The molecule has 1 aromatic rings. The zero-order valence-electron chi connectivity index (χ0n) is 9.57. The number of nitrogens with zero attached hydrogens (tertiary/aromatic N) is 2. The molecular formula is C11H20N2O2. The van der Waals surface area contributed by atoms with Crippen LogP contribution in [0.5, 0.6) is 0 Å². The van der Waals surface area contributed by atoms with Crippen LogP contribution in [0.4, 0.5) is 0 Å². The monoisotopic (exact) mass is 212 g/mol. The molecular weight excluding hydrogens is 192 g/mol. The van der Waals surface area contributed by atoms with Crippen LogP contribution >= 0.6 is 0 Å². The number of oxazole rings is 1. The Morgan fingerprint density at radius 1 is 1.47 bits per heavy atom. The minimum Gasteiger partial charge on any atom is -0.448 e. The molecule has 1 heterocycles. The van der Waals surface area contributed by atoms with E-state index in [1.807, 2.05) is 6.92 Å². The summed E-state index contributed by atoms with van der Waals surface area (Å²) >= 11 is 0. The molecule has 86 valence electrons. The number of aliphatic hydroxyl groups excluding tert-OH is 1. The molecule has 4 heteroatoms. The van der Waals surface area contributed by atoms with E-state index in [-0.39, 0.29) is 6.61 Å². The number of aryl methyl sites for hydroxylation is 1. The Kier molecular flexibility index (Phi) is 5.36. The quantitative estimate of drug-likeness (QED) is 0.745. The second-order valence-corrected chi connectivity index (χ2v) is 3.71. The lowest BCUT2D eigenvalue weighted by molar-refractivity contribution is 0.186. The van der Waals surface area contributed by atoms with Gasteiger partial charge in [0.05, 0.1) is 12.3 Å². The fourth-order valence-corrected chi connectivity index (χ4v) is 1.48. The van der Waals surface area contributed by atoms with Crippen molar-refractivity contribution in [1.29, 1.82) is 0 Å². The lowest BCUT2D eigenvalue weighted by Crippen LogP contribution is -2.28. The maximum Gasteiger partial charge on any atom is 0.181 e. The van der Waals surface area contributed by atoms with Gasteiger partial charge in [0.2, 0.25) is 0 Å². The maximum atomic E-state index is 8.95. The maximum absolute atomic E-state index is 8.95. The van der Waals surface area contributed by atoms with Crippen molar-refractivity contribution in [2.24, 2.45) is 0 Å². The van der Waals surface area contributed by atoms with Crippen LogP contribution in [0, 0.1) is 6.92 Å². The summed E-state index contributed by atoms with van der Waals surface area (Å²) in [6.45, 7) is 6.75. The first kappa shape index (κ1) is 12.2. The van der Waals surface area contributed by atoms with Gasteiger partial charge in [-0.3, -0.25) is 4.90 Å². The van der Waals surface area contributed by atoms with Crippen molar-refractivity contribution >= 4 is 0 Å². The summed E-state index contributed by atoms with van der Waals surface area (Å²) in [6.07, 6.45) is 3.79. The van der Waals surface area contributed by atoms with Crippen molar-refractivity contribution in [3.05, 3.63) is 17.8 Å². The fourth-order valence-electron chi connectivity index (χ4n) is 1.48. The van der Waals surface area contributed by atoms with Gasteiger partial charge in [0.15, 0.2) is 6.39 Å². The van der Waals surface area contributed by atoms with E-state index in [9.17, 15) is 0 Å².